The van der Waals surface area contributed by atoms with Crippen molar-refractivity contribution in [3.63, 3.8) is 0 Å². The maximum absolute atomic E-state index is 5.55. The van der Waals surface area contributed by atoms with E-state index in [9.17, 15) is 0 Å². The van der Waals surface area contributed by atoms with E-state index in [1.54, 1.807) is 14.2 Å². The zero-order chi connectivity index (χ0) is 11.5. The van der Waals surface area contributed by atoms with Crippen LogP contribution >= 0.6 is 0 Å². The predicted molar refractivity (Wildman–Crippen MR) is 66.0 cm³/mol. The van der Waals surface area contributed by atoms with Gasteiger partial charge in [-0.2, -0.15) is 0 Å². The van der Waals surface area contributed by atoms with E-state index in [1.165, 1.54) is 5.19 Å². The minimum absolute atomic E-state index is 1.16. The van der Waals surface area contributed by atoms with Crippen LogP contribution < -0.4 is 10.1 Å². The molecule has 0 N–H and O–H groups in total. The second kappa shape index (κ2) is 4.79. The summed E-state index contributed by atoms with van der Waals surface area (Å²) in [4.78, 5) is 2.08. The van der Waals surface area contributed by atoms with Gasteiger partial charge >= 0.3 is 8.56 Å². The van der Waals surface area contributed by atoms with Crippen LogP contribution in [0.2, 0.25) is 6.55 Å². The molecule has 0 atom stereocenters. The molecule has 0 saturated heterocycles. The van der Waals surface area contributed by atoms with Crippen LogP contribution in [0, 0.1) is 0 Å². The maximum atomic E-state index is 5.55. The average molecular weight is 225 g/mol. The first-order valence-electron chi connectivity index (χ1n) is 4.92. The molecule has 1 rings (SSSR count). The zero-order valence-electron chi connectivity index (χ0n) is 10.1. The molecule has 0 heterocycles. The fourth-order valence-electron chi connectivity index (χ4n) is 1.55. The van der Waals surface area contributed by atoms with Crippen molar-refractivity contribution in [1.29, 1.82) is 0 Å². The van der Waals surface area contributed by atoms with Crippen LogP contribution in [0.3, 0.4) is 0 Å². The van der Waals surface area contributed by atoms with Crippen LogP contribution in [-0.4, -0.2) is 36.9 Å². The Labute approximate surface area is 92.9 Å². The Balaban J connectivity index is 3.23. The maximum Gasteiger partial charge on any atom is 0.370 e. The molecule has 4 heteroatoms. The highest BCUT2D eigenvalue weighted by Gasteiger charge is 2.34. The topological polar surface area (TPSA) is 21.7 Å². The molecule has 3 nitrogen and oxygen atoms in total. The van der Waals surface area contributed by atoms with Gasteiger partial charge < -0.3 is 13.8 Å². The summed E-state index contributed by atoms with van der Waals surface area (Å²) in [6, 6.07) is 8.21. The number of hydrogen-bond acceptors (Lipinski definition) is 3. The summed E-state index contributed by atoms with van der Waals surface area (Å²) >= 11 is 0. The van der Waals surface area contributed by atoms with Crippen molar-refractivity contribution in [2.24, 2.45) is 0 Å². The van der Waals surface area contributed by atoms with Crippen molar-refractivity contribution in [1.82, 2.24) is 0 Å². The van der Waals surface area contributed by atoms with Gasteiger partial charge in [0.25, 0.3) is 0 Å². The monoisotopic (exact) mass is 225 g/mol. The normalized spacial score (nSPS) is 11.5. The van der Waals surface area contributed by atoms with Crippen molar-refractivity contribution in [2.45, 2.75) is 6.55 Å². The van der Waals surface area contributed by atoms with Crippen LogP contribution in [0.15, 0.2) is 24.3 Å². The van der Waals surface area contributed by atoms with E-state index in [4.69, 9.17) is 8.85 Å². The van der Waals surface area contributed by atoms with Crippen LogP contribution in [0.5, 0.6) is 0 Å². The minimum atomic E-state index is -2.22. The molecule has 0 unspecified atom stereocenters. The van der Waals surface area contributed by atoms with Crippen LogP contribution in [0.25, 0.3) is 0 Å². The Morgan fingerprint density at radius 1 is 1.07 bits per heavy atom. The molecule has 1 aromatic rings. The van der Waals surface area contributed by atoms with E-state index in [2.05, 4.69) is 23.6 Å². The molecule has 0 aliphatic carbocycles. The van der Waals surface area contributed by atoms with Crippen LogP contribution in [0.4, 0.5) is 5.69 Å². The van der Waals surface area contributed by atoms with Gasteiger partial charge in [0.1, 0.15) is 0 Å². The van der Waals surface area contributed by atoms with E-state index in [0.717, 1.165) is 5.69 Å². The number of para-hydroxylation sites is 1. The highest BCUT2D eigenvalue weighted by Crippen LogP contribution is 2.15. The number of rotatable bonds is 4. The smallest absolute Gasteiger partial charge is 0.370 e. The predicted octanol–water partition coefficient (Wildman–Crippen LogP) is 1.32. The summed E-state index contributed by atoms with van der Waals surface area (Å²) in [5, 5.41) is 1.17. The molecular weight excluding hydrogens is 206 g/mol. The summed E-state index contributed by atoms with van der Waals surface area (Å²) in [6.07, 6.45) is 0. The lowest BCUT2D eigenvalue weighted by Gasteiger charge is -2.27. The molecule has 0 aliphatic heterocycles. The standard InChI is InChI=1S/C11H19NO2Si/c1-12(2)10-8-6-7-9-11(10)15(5,13-3)14-4/h6-9H,1-5H3. The molecule has 84 valence electrons. The second-order valence-corrected chi connectivity index (χ2v) is 7.01. The number of benzene rings is 1. The first kappa shape index (κ1) is 12.2. The van der Waals surface area contributed by atoms with E-state index < -0.39 is 8.56 Å². The molecule has 0 radical (unpaired) electrons. The molecule has 0 amide bonds. The van der Waals surface area contributed by atoms with Gasteiger partial charge in [-0.3, -0.25) is 0 Å². The molecule has 0 saturated carbocycles. The summed E-state index contributed by atoms with van der Waals surface area (Å²) in [5.41, 5.74) is 1.16. The summed E-state index contributed by atoms with van der Waals surface area (Å²) in [6.45, 7) is 2.05. The van der Waals surface area contributed by atoms with E-state index >= 15 is 0 Å². The van der Waals surface area contributed by atoms with Crippen LogP contribution in [0.1, 0.15) is 0 Å². The fraction of sp³-hybridized carbons (Fsp3) is 0.455. The summed E-state index contributed by atoms with van der Waals surface area (Å²) in [5.74, 6) is 0. The molecule has 0 aliphatic rings. The average Bonchev–Trinajstić information content (AvgIpc) is 2.28. The first-order valence-corrected chi connectivity index (χ1v) is 7.24. The summed E-state index contributed by atoms with van der Waals surface area (Å²) < 4.78 is 11.1. The second-order valence-electron chi connectivity index (χ2n) is 3.77. The third kappa shape index (κ3) is 2.39. The first-order chi connectivity index (χ1) is 7.05. The third-order valence-corrected chi connectivity index (χ3v) is 5.61. The van der Waals surface area contributed by atoms with Gasteiger partial charge in [0.05, 0.1) is 0 Å². The van der Waals surface area contributed by atoms with Crippen molar-refractivity contribution in [3.8, 4) is 0 Å². The van der Waals surface area contributed by atoms with Gasteiger partial charge in [0.2, 0.25) is 0 Å². The van der Waals surface area contributed by atoms with Crippen molar-refractivity contribution >= 4 is 19.4 Å². The number of anilines is 1. The van der Waals surface area contributed by atoms with Gasteiger partial charge in [-0.15, -0.1) is 0 Å². The highest BCUT2D eigenvalue weighted by molar-refractivity contribution is 6.81. The fourth-order valence-corrected chi connectivity index (χ4v) is 3.33. The van der Waals surface area contributed by atoms with Gasteiger partial charge in [-0.05, 0) is 12.6 Å². The molecule has 0 fully saturated rings. The van der Waals surface area contributed by atoms with Crippen molar-refractivity contribution in [3.05, 3.63) is 24.3 Å². The Hall–Kier alpha value is -0.843. The minimum Gasteiger partial charge on any atom is -0.394 e. The van der Waals surface area contributed by atoms with E-state index in [1.807, 2.05) is 26.2 Å². The van der Waals surface area contributed by atoms with E-state index in [0.29, 0.717) is 0 Å². The van der Waals surface area contributed by atoms with Gasteiger partial charge in [0.15, 0.2) is 0 Å². The molecular formula is C11H19NO2Si. The SMILES string of the molecule is CO[Si](C)(OC)c1ccccc1N(C)C. The quantitative estimate of drug-likeness (QED) is 0.722. The Bertz CT molecular complexity index is 324. The Morgan fingerprint density at radius 2 is 1.60 bits per heavy atom. The summed E-state index contributed by atoms with van der Waals surface area (Å²) in [7, 11) is 5.25. The van der Waals surface area contributed by atoms with Gasteiger partial charge in [0, 0.05) is 39.2 Å². The number of hydrogen-bond donors (Lipinski definition) is 0. The van der Waals surface area contributed by atoms with Gasteiger partial charge in [-0.25, -0.2) is 0 Å². The molecule has 1 aromatic carbocycles. The highest BCUT2D eigenvalue weighted by atomic mass is 28.4. The largest absolute Gasteiger partial charge is 0.394 e. The molecule has 0 bridgehead atoms. The van der Waals surface area contributed by atoms with Crippen LogP contribution in [-0.2, 0) is 8.85 Å². The third-order valence-electron chi connectivity index (χ3n) is 2.65. The lowest BCUT2D eigenvalue weighted by molar-refractivity contribution is 0.265. The van der Waals surface area contributed by atoms with Crippen molar-refractivity contribution < 1.29 is 8.85 Å². The Kier molecular flexibility index (Phi) is 3.90. The lowest BCUT2D eigenvalue weighted by Crippen LogP contribution is -2.51. The molecule has 15 heavy (non-hydrogen) atoms. The Morgan fingerprint density at radius 3 is 2.07 bits per heavy atom. The zero-order valence-corrected chi connectivity index (χ0v) is 11.1. The molecule has 0 spiro atoms. The van der Waals surface area contributed by atoms with Gasteiger partial charge in [-0.1, -0.05) is 18.2 Å². The van der Waals surface area contributed by atoms with E-state index in [-0.39, 0.29) is 0 Å². The lowest BCUT2D eigenvalue weighted by atomic mass is 10.3. The van der Waals surface area contributed by atoms with Crippen molar-refractivity contribution in [2.75, 3.05) is 33.2 Å². The molecule has 0 aromatic heterocycles. The number of nitrogens with zero attached hydrogens (tertiary/aromatic N) is 1.